The van der Waals surface area contributed by atoms with Crippen LogP contribution in [0.15, 0.2) is 78.4 Å². The van der Waals surface area contributed by atoms with Crippen molar-refractivity contribution in [2.75, 3.05) is 0 Å². The van der Waals surface area contributed by atoms with Crippen LogP contribution in [0, 0.1) is 0 Å². The Labute approximate surface area is 161 Å². The molecule has 5 rings (SSSR count). The molecule has 26 heavy (non-hydrogen) atoms. The molecule has 2 aromatic carbocycles. The Bertz CT molecular complexity index is 1130. The fourth-order valence-electron chi connectivity index (χ4n) is 3.67. The molecule has 1 nitrogen and oxygen atoms in total. The zero-order valence-electron chi connectivity index (χ0n) is 15.7. The van der Waals surface area contributed by atoms with Crippen molar-refractivity contribution in [1.29, 1.82) is 0 Å². The Morgan fingerprint density at radius 3 is 2.35 bits per heavy atom. The van der Waals surface area contributed by atoms with Gasteiger partial charge in [0.2, 0.25) is 0 Å². The van der Waals surface area contributed by atoms with Crippen molar-refractivity contribution < 1.29 is 17.9 Å². The predicted octanol–water partition coefficient (Wildman–Crippen LogP) is 5.21. The first-order valence-corrected chi connectivity index (χ1v) is 13.9. The molecule has 0 unspecified atom stereocenters. The molecule has 0 bridgehead atoms. The number of hydrogen-bond donors (Lipinski definition) is 0. The number of aromatic nitrogens is 1. The van der Waals surface area contributed by atoms with Crippen LogP contribution in [-0.2, 0) is 17.9 Å². The van der Waals surface area contributed by atoms with E-state index < -0.39 is 0 Å². The molecule has 2 heteroatoms. The second kappa shape index (κ2) is 7.27. The van der Waals surface area contributed by atoms with Crippen LogP contribution in [0.3, 0.4) is 0 Å². The van der Waals surface area contributed by atoms with E-state index in [2.05, 4.69) is 99.2 Å². The van der Waals surface area contributed by atoms with E-state index in [-0.39, 0.29) is 17.9 Å². The summed E-state index contributed by atoms with van der Waals surface area (Å²) in [6, 6.07) is 19.4. The molecule has 0 fully saturated rings. The van der Waals surface area contributed by atoms with Crippen LogP contribution < -0.4 is 10.6 Å². The molecule has 2 aliphatic carbocycles. The molecule has 0 N–H and O–H groups in total. The van der Waals surface area contributed by atoms with Crippen molar-refractivity contribution in [2.24, 2.45) is 0 Å². The minimum absolute atomic E-state index is 0.333. The Morgan fingerprint density at radius 2 is 1.58 bits per heavy atom. The number of rotatable bonds is 1. The van der Waals surface area contributed by atoms with Gasteiger partial charge in [-0.2, -0.15) is 0 Å². The molecule has 0 saturated heterocycles. The van der Waals surface area contributed by atoms with Crippen molar-refractivity contribution in [3.63, 3.8) is 0 Å². The van der Waals surface area contributed by atoms with E-state index in [1.165, 1.54) is 38.3 Å². The first-order valence-electron chi connectivity index (χ1n) is 9.20. The second-order valence-corrected chi connectivity index (χ2v) is 12.0. The quantitative estimate of drug-likeness (QED) is 0.516. The standard InChI is InChI=1S/C21H15N.3CH3.Ti/c1-2-9-16(10-3-1)22-19-13-7-6-12-18(19)21-17-11-5-4-8-15(17)14-20(21)22;;;;/h1-10,12-14H,11H2;3*1H3;. The monoisotopic (exact) mass is 374 g/mol. The van der Waals surface area contributed by atoms with Gasteiger partial charge in [-0.1, -0.05) is 54.6 Å². The summed E-state index contributed by atoms with van der Waals surface area (Å²) in [5.41, 5.74) is 5.34. The van der Waals surface area contributed by atoms with Crippen molar-refractivity contribution in [2.45, 2.75) is 22.1 Å². The molecule has 3 aromatic rings. The number of nitrogens with zero attached hydrogens (tertiary/aromatic N) is 1. The average Bonchev–Trinajstić information content (AvgIpc) is 3.16. The van der Waals surface area contributed by atoms with Gasteiger partial charge >= 0.3 is 33.6 Å². The Morgan fingerprint density at radius 1 is 0.885 bits per heavy atom. The van der Waals surface area contributed by atoms with Gasteiger partial charge in [0.15, 0.2) is 0 Å². The third-order valence-corrected chi connectivity index (χ3v) is 4.60. The normalized spacial score (nSPS) is 14.1. The summed E-state index contributed by atoms with van der Waals surface area (Å²) in [7, 11) is 0. The fraction of sp³-hybridized carbons (Fsp3) is 0.167. The van der Waals surface area contributed by atoms with E-state index in [1.807, 2.05) is 0 Å². The van der Waals surface area contributed by atoms with E-state index in [0.717, 1.165) is 6.42 Å². The maximum atomic E-state index is 2.39. The van der Waals surface area contributed by atoms with Crippen LogP contribution in [0.25, 0.3) is 28.2 Å². The third-order valence-electron chi connectivity index (χ3n) is 4.60. The maximum absolute atomic E-state index is 2.39. The predicted molar refractivity (Wildman–Crippen MR) is 110 cm³/mol. The van der Waals surface area contributed by atoms with Gasteiger partial charge < -0.3 is 4.57 Å². The van der Waals surface area contributed by atoms with Crippen LogP contribution >= 0.6 is 0 Å². The van der Waals surface area contributed by atoms with Gasteiger partial charge in [-0.15, -0.1) is 0 Å². The number of para-hydroxylation sites is 2. The van der Waals surface area contributed by atoms with Gasteiger partial charge in [0.25, 0.3) is 0 Å². The molecular formula is C24H24NTi. The summed E-state index contributed by atoms with van der Waals surface area (Å²) in [5.74, 6) is 0. The van der Waals surface area contributed by atoms with Crippen LogP contribution in [0.1, 0.15) is 6.42 Å². The second-order valence-electron chi connectivity index (χ2n) is 7.33. The summed E-state index contributed by atoms with van der Waals surface area (Å²) in [6.45, 7) is 0. The van der Waals surface area contributed by atoms with Crippen LogP contribution in [0.2, 0.25) is 15.7 Å². The summed E-state index contributed by atoms with van der Waals surface area (Å²) >= 11 is -0.333. The third kappa shape index (κ3) is 3.07. The van der Waals surface area contributed by atoms with E-state index >= 15 is 0 Å². The van der Waals surface area contributed by atoms with Crippen LogP contribution in [-0.4, -0.2) is 4.57 Å². The van der Waals surface area contributed by atoms with Gasteiger partial charge in [-0.25, -0.2) is 0 Å². The molecule has 0 amide bonds. The van der Waals surface area contributed by atoms with E-state index in [0.29, 0.717) is 0 Å². The van der Waals surface area contributed by atoms with Gasteiger partial charge in [-0.3, -0.25) is 0 Å². The molecule has 2 aliphatic rings. The number of fused-ring (bicyclic) bond motifs is 4. The van der Waals surface area contributed by atoms with Crippen LogP contribution in [0.4, 0.5) is 0 Å². The van der Waals surface area contributed by atoms with Crippen molar-refractivity contribution in [1.82, 2.24) is 4.57 Å². The van der Waals surface area contributed by atoms with Gasteiger partial charge in [-0.05, 0) is 41.8 Å². The summed E-state index contributed by atoms with van der Waals surface area (Å²) in [5, 5.41) is 11.1. The Hall–Kier alpha value is -2.09. The van der Waals surface area contributed by atoms with E-state index in [9.17, 15) is 0 Å². The molecule has 1 heterocycles. The molecule has 0 spiro atoms. The molecule has 0 radical (unpaired) electrons. The van der Waals surface area contributed by atoms with Crippen LogP contribution in [0.5, 0.6) is 0 Å². The zero-order valence-corrected chi connectivity index (χ0v) is 17.2. The summed E-state index contributed by atoms with van der Waals surface area (Å²) in [6.07, 6.45) is 9.99. The van der Waals surface area contributed by atoms with Crippen molar-refractivity contribution in [3.05, 3.63) is 89.0 Å². The first kappa shape index (κ1) is 17.3. The molecule has 129 valence electrons. The van der Waals surface area contributed by atoms with Gasteiger partial charge in [0.05, 0.1) is 10.9 Å². The minimum atomic E-state index is -0.333. The number of allylic oxidation sites excluding steroid dienone is 4. The van der Waals surface area contributed by atoms with Crippen molar-refractivity contribution >= 4 is 22.6 Å². The number of benzene rings is 2. The van der Waals surface area contributed by atoms with Crippen molar-refractivity contribution in [3.8, 4) is 5.69 Å². The van der Waals surface area contributed by atoms with Gasteiger partial charge in [0, 0.05) is 16.3 Å². The Kier molecular flexibility index (Phi) is 4.84. The average molecular weight is 374 g/mol. The number of hydrogen-bond acceptors (Lipinski definition) is 0. The molecule has 0 saturated carbocycles. The van der Waals surface area contributed by atoms with E-state index in [1.54, 1.807) is 0 Å². The van der Waals surface area contributed by atoms with E-state index in [4.69, 9.17) is 0 Å². The summed E-state index contributed by atoms with van der Waals surface area (Å²) in [4.78, 5) is 0. The zero-order chi connectivity index (χ0) is 18.1. The molecule has 0 aliphatic heterocycles. The molecule has 1 aromatic heterocycles. The van der Waals surface area contributed by atoms with Gasteiger partial charge in [0.1, 0.15) is 0 Å². The molecule has 0 atom stereocenters. The fourth-order valence-corrected chi connectivity index (χ4v) is 3.67. The molecular weight excluding hydrogens is 350 g/mol. The Balaban J connectivity index is 0.000000385. The topological polar surface area (TPSA) is 4.93 Å². The first-order chi connectivity index (χ1) is 12.7. The summed E-state index contributed by atoms with van der Waals surface area (Å²) < 4.78 is 2.39. The SMILES string of the molecule is C1=CCC2=c3c(n(-c4ccccc4)c4ccccc34)=CC2=C1.[CH3][Ti]([CH3])[CH3].